The maximum absolute atomic E-state index is 5.87. The van der Waals surface area contributed by atoms with E-state index < -0.39 is 0 Å². The standard InChI is InChI=1S/C15H23N3O/c1-9(2)11(10(3)4)8-17-15-18-14-12(16)6-5-7-13(14)19-15/h5-7,9-11H,8,16H2,1-4H3,(H,17,18). The van der Waals surface area contributed by atoms with Crippen molar-refractivity contribution in [2.45, 2.75) is 27.7 Å². The molecule has 3 N–H and O–H groups in total. The number of para-hydroxylation sites is 1. The van der Waals surface area contributed by atoms with Gasteiger partial charge in [0.2, 0.25) is 0 Å². The molecule has 0 bridgehead atoms. The number of hydrogen-bond acceptors (Lipinski definition) is 4. The summed E-state index contributed by atoms with van der Waals surface area (Å²) in [5.41, 5.74) is 7.98. The number of nitrogens with zero attached hydrogens (tertiary/aromatic N) is 1. The van der Waals surface area contributed by atoms with Crippen molar-refractivity contribution >= 4 is 22.8 Å². The van der Waals surface area contributed by atoms with Crippen molar-refractivity contribution in [3.05, 3.63) is 18.2 Å². The zero-order valence-electron chi connectivity index (χ0n) is 12.1. The maximum Gasteiger partial charge on any atom is 0.295 e. The number of fused-ring (bicyclic) bond motifs is 1. The number of rotatable bonds is 5. The molecule has 0 unspecified atom stereocenters. The van der Waals surface area contributed by atoms with Crippen molar-refractivity contribution in [3.63, 3.8) is 0 Å². The fraction of sp³-hybridized carbons (Fsp3) is 0.533. The van der Waals surface area contributed by atoms with Gasteiger partial charge >= 0.3 is 0 Å². The van der Waals surface area contributed by atoms with Crippen LogP contribution in [0.2, 0.25) is 0 Å². The highest BCUT2D eigenvalue weighted by molar-refractivity contribution is 5.86. The molecule has 0 saturated carbocycles. The average Bonchev–Trinajstić information content (AvgIpc) is 2.72. The molecule has 1 aromatic heterocycles. The highest BCUT2D eigenvalue weighted by Gasteiger charge is 2.18. The smallest absolute Gasteiger partial charge is 0.295 e. The minimum Gasteiger partial charge on any atom is -0.423 e. The van der Waals surface area contributed by atoms with Crippen molar-refractivity contribution in [2.75, 3.05) is 17.6 Å². The number of aromatic nitrogens is 1. The second-order valence-corrected chi connectivity index (χ2v) is 5.75. The van der Waals surface area contributed by atoms with Gasteiger partial charge in [-0.25, -0.2) is 0 Å². The third-order valence-electron chi connectivity index (χ3n) is 3.65. The number of nitrogens with one attached hydrogen (secondary N) is 1. The van der Waals surface area contributed by atoms with Crippen LogP contribution in [-0.4, -0.2) is 11.5 Å². The first-order valence-corrected chi connectivity index (χ1v) is 6.88. The first kappa shape index (κ1) is 13.7. The Hall–Kier alpha value is -1.71. The van der Waals surface area contributed by atoms with Crippen LogP contribution in [0.25, 0.3) is 11.1 Å². The monoisotopic (exact) mass is 261 g/mol. The van der Waals surface area contributed by atoms with E-state index in [0.717, 1.165) is 17.6 Å². The molecule has 0 aliphatic carbocycles. The summed E-state index contributed by atoms with van der Waals surface area (Å²) in [6.07, 6.45) is 0. The number of nitrogen functional groups attached to an aromatic ring is 1. The van der Waals surface area contributed by atoms with Gasteiger partial charge in [0.15, 0.2) is 5.58 Å². The third kappa shape index (κ3) is 3.00. The van der Waals surface area contributed by atoms with Crippen LogP contribution >= 0.6 is 0 Å². The Kier molecular flexibility index (Phi) is 3.98. The van der Waals surface area contributed by atoms with Crippen molar-refractivity contribution < 1.29 is 4.42 Å². The molecule has 1 aromatic carbocycles. The fourth-order valence-corrected chi connectivity index (χ4v) is 2.49. The predicted molar refractivity (Wildman–Crippen MR) is 80.1 cm³/mol. The molecular formula is C15H23N3O. The molecule has 2 rings (SSSR count). The van der Waals surface area contributed by atoms with Crippen LogP contribution in [0.1, 0.15) is 27.7 Å². The molecule has 0 aliphatic rings. The lowest BCUT2D eigenvalue weighted by Gasteiger charge is -2.24. The highest BCUT2D eigenvalue weighted by Crippen LogP contribution is 2.25. The van der Waals surface area contributed by atoms with E-state index in [0.29, 0.717) is 29.5 Å². The predicted octanol–water partition coefficient (Wildman–Crippen LogP) is 3.75. The summed E-state index contributed by atoms with van der Waals surface area (Å²) in [4.78, 5) is 4.40. The molecular weight excluding hydrogens is 238 g/mol. The van der Waals surface area contributed by atoms with E-state index in [1.165, 1.54) is 0 Å². The first-order chi connectivity index (χ1) is 8.99. The number of hydrogen-bond donors (Lipinski definition) is 2. The lowest BCUT2D eigenvalue weighted by molar-refractivity contribution is 0.302. The van der Waals surface area contributed by atoms with Gasteiger partial charge in [0.1, 0.15) is 5.52 Å². The Morgan fingerprint density at radius 3 is 2.47 bits per heavy atom. The molecule has 0 fully saturated rings. The van der Waals surface area contributed by atoms with E-state index in [9.17, 15) is 0 Å². The van der Waals surface area contributed by atoms with Crippen LogP contribution in [0, 0.1) is 17.8 Å². The molecule has 4 heteroatoms. The van der Waals surface area contributed by atoms with Gasteiger partial charge in [0.05, 0.1) is 5.69 Å². The van der Waals surface area contributed by atoms with Crippen molar-refractivity contribution in [1.29, 1.82) is 0 Å². The molecule has 104 valence electrons. The summed E-state index contributed by atoms with van der Waals surface area (Å²) in [5.74, 6) is 1.84. The normalized spacial score (nSPS) is 11.9. The number of anilines is 2. The van der Waals surface area contributed by atoms with E-state index in [2.05, 4.69) is 38.0 Å². The topological polar surface area (TPSA) is 64.1 Å². The van der Waals surface area contributed by atoms with Gasteiger partial charge in [-0.05, 0) is 29.9 Å². The number of nitrogens with two attached hydrogens (primary N) is 1. The molecule has 1 heterocycles. The fourth-order valence-electron chi connectivity index (χ4n) is 2.49. The number of oxazole rings is 1. The third-order valence-corrected chi connectivity index (χ3v) is 3.65. The van der Waals surface area contributed by atoms with Gasteiger partial charge in [-0.2, -0.15) is 4.98 Å². The van der Waals surface area contributed by atoms with E-state index in [1.807, 2.05) is 18.2 Å². The van der Waals surface area contributed by atoms with Crippen LogP contribution in [-0.2, 0) is 0 Å². The summed E-state index contributed by atoms with van der Waals surface area (Å²) in [6, 6.07) is 6.14. The second-order valence-electron chi connectivity index (χ2n) is 5.75. The molecule has 0 saturated heterocycles. The van der Waals surface area contributed by atoms with E-state index in [1.54, 1.807) is 0 Å². The van der Waals surface area contributed by atoms with Crippen LogP contribution < -0.4 is 11.1 Å². The van der Waals surface area contributed by atoms with Crippen LogP contribution in [0.3, 0.4) is 0 Å². The van der Waals surface area contributed by atoms with E-state index >= 15 is 0 Å². The minimum atomic E-state index is 0.555. The summed E-state index contributed by atoms with van der Waals surface area (Å²) >= 11 is 0. The van der Waals surface area contributed by atoms with Gasteiger partial charge in [-0.3, -0.25) is 0 Å². The Labute approximate surface area is 114 Å². The average molecular weight is 261 g/mol. The Balaban J connectivity index is 2.11. The highest BCUT2D eigenvalue weighted by atomic mass is 16.4. The Morgan fingerprint density at radius 1 is 1.21 bits per heavy atom. The maximum atomic E-state index is 5.87. The lowest BCUT2D eigenvalue weighted by atomic mass is 9.85. The van der Waals surface area contributed by atoms with Crippen LogP contribution in [0.15, 0.2) is 22.6 Å². The zero-order valence-corrected chi connectivity index (χ0v) is 12.1. The van der Waals surface area contributed by atoms with Crippen molar-refractivity contribution in [3.8, 4) is 0 Å². The quantitative estimate of drug-likeness (QED) is 0.804. The summed E-state index contributed by atoms with van der Waals surface area (Å²) in [5, 5.41) is 3.29. The van der Waals surface area contributed by atoms with Gasteiger partial charge in [0, 0.05) is 6.54 Å². The van der Waals surface area contributed by atoms with Gasteiger partial charge in [0.25, 0.3) is 6.01 Å². The Bertz CT molecular complexity index is 537. The van der Waals surface area contributed by atoms with Gasteiger partial charge in [-0.1, -0.05) is 33.8 Å². The minimum absolute atomic E-state index is 0.555. The molecule has 0 aliphatic heterocycles. The molecule has 2 aromatic rings. The summed E-state index contributed by atoms with van der Waals surface area (Å²) in [6.45, 7) is 9.85. The molecule has 0 spiro atoms. The SMILES string of the molecule is CC(C)C(CNc1nc2c(N)cccc2o1)C(C)C. The molecule has 0 atom stereocenters. The molecule has 19 heavy (non-hydrogen) atoms. The first-order valence-electron chi connectivity index (χ1n) is 6.88. The zero-order chi connectivity index (χ0) is 14.0. The van der Waals surface area contributed by atoms with Crippen LogP contribution in [0.4, 0.5) is 11.7 Å². The largest absolute Gasteiger partial charge is 0.423 e. The van der Waals surface area contributed by atoms with Gasteiger partial charge < -0.3 is 15.5 Å². The van der Waals surface area contributed by atoms with E-state index in [-0.39, 0.29) is 0 Å². The summed E-state index contributed by atoms with van der Waals surface area (Å²) in [7, 11) is 0. The van der Waals surface area contributed by atoms with Crippen molar-refractivity contribution in [2.24, 2.45) is 17.8 Å². The summed E-state index contributed by atoms with van der Waals surface area (Å²) < 4.78 is 5.66. The molecule has 0 radical (unpaired) electrons. The van der Waals surface area contributed by atoms with Crippen LogP contribution in [0.5, 0.6) is 0 Å². The number of benzene rings is 1. The molecule has 4 nitrogen and oxygen atoms in total. The molecule has 0 amide bonds. The van der Waals surface area contributed by atoms with Crippen molar-refractivity contribution in [1.82, 2.24) is 4.98 Å². The van der Waals surface area contributed by atoms with E-state index in [4.69, 9.17) is 10.2 Å². The second kappa shape index (κ2) is 5.51. The van der Waals surface area contributed by atoms with Gasteiger partial charge in [-0.15, -0.1) is 0 Å². The Morgan fingerprint density at radius 2 is 1.89 bits per heavy atom. The lowest BCUT2D eigenvalue weighted by Crippen LogP contribution is -2.24.